The van der Waals surface area contributed by atoms with Crippen LogP contribution in [0.2, 0.25) is 10.2 Å². The fourth-order valence-corrected chi connectivity index (χ4v) is 3.66. The van der Waals surface area contributed by atoms with Gasteiger partial charge in [-0.1, -0.05) is 23.2 Å². The Kier molecular flexibility index (Phi) is 5.20. The Morgan fingerprint density at radius 1 is 1.29 bits per heavy atom. The monoisotopic (exact) mass is 432 g/mol. The van der Waals surface area contributed by atoms with Crippen LogP contribution in [0.1, 0.15) is 27.2 Å². The summed E-state index contributed by atoms with van der Waals surface area (Å²) < 4.78 is 43.3. The molecule has 1 N–H and O–H groups in total. The minimum atomic E-state index is -4.79. The van der Waals surface area contributed by atoms with E-state index in [0.29, 0.717) is 16.6 Å². The lowest BCUT2D eigenvalue weighted by Gasteiger charge is -2.11. The Labute approximate surface area is 167 Å². The van der Waals surface area contributed by atoms with Gasteiger partial charge in [0.15, 0.2) is 5.69 Å². The van der Waals surface area contributed by atoms with Crippen molar-refractivity contribution in [1.82, 2.24) is 9.55 Å². The second-order valence-electron chi connectivity index (χ2n) is 6.19. The van der Waals surface area contributed by atoms with E-state index in [1.54, 1.807) is 24.7 Å². The lowest BCUT2D eigenvalue weighted by atomic mass is 10.0. The fraction of sp³-hybridized carbons (Fsp3) is 0.222. The largest absolute Gasteiger partial charge is 0.573 e. The van der Waals surface area contributed by atoms with Gasteiger partial charge in [0.2, 0.25) is 0 Å². The summed E-state index contributed by atoms with van der Waals surface area (Å²) in [6.45, 7) is 1.67. The first-order valence-corrected chi connectivity index (χ1v) is 8.64. The first-order chi connectivity index (χ1) is 13.0. The number of fused-ring (bicyclic) bond motifs is 1. The van der Waals surface area contributed by atoms with E-state index < -0.39 is 12.3 Å². The van der Waals surface area contributed by atoms with Crippen LogP contribution in [0.4, 0.5) is 13.2 Å². The third kappa shape index (κ3) is 4.02. The van der Waals surface area contributed by atoms with Crippen LogP contribution in [0, 0.1) is 6.92 Å². The smallest absolute Gasteiger partial charge is 0.477 e. The number of ether oxygens (including phenoxy) is 1. The summed E-state index contributed by atoms with van der Waals surface area (Å²) in [5.74, 6) is -1.57. The molecular formula is C18H13Cl2F3N2O3. The van der Waals surface area contributed by atoms with Crippen molar-refractivity contribution in [1.29, 1.82) is 0 Å². The molecule has 0 aliphatic heterocycles. The van der Waals surface area contributed by atoms with Crippen molar-refractivity contribution < 1.29 is 27.8 Å². The topological polar surface area (TPSA) is 64.3 Å². The molecule has 28 heavy (non-hydrogen) atoms. The Morgan fingerprint density at radius 2 is 1.96 bits per heavy atom. The minimum absolute atomic E-state index is 0.0448. The fourth-order valence-electron chi connectivity index (χ4n) is 3.10. The zero-order valence-electron chi connectivity index (χ0n) is 14.6. The number of carboxylic acid groups (broad SMARTS) is 1. The molecule has 5 nitrogen and oxygen atoms in total. The number of aromatic nitrogens is 2. The standard InChI is InChI=1S/C18H13Cl2F3N2O3/c1-8-3-10(28-18(21,22)23)5-14-15(8)9(7-25(14)2)4-11-12(19)6-13(17(26)27)24-16(11)20/h3,5-7H,4H2,1-2H3,(H,26,27). The van der Waals surface area contributed by atoms with Gasteiger partial charge >= 0.3 is 12.3 Å². The molecule has 0 amide bonds. The average Bonchev–Trinajstić information content (AvgIpc) is 2.85. The van der Waals surface area contributed by atoms with Gasteiger partial charge < -0.3 is 14.4 Å². The third-order valence-corrected chi connectivity index (χ3v) is 4.83. The highest BCUT2D eigenvalue weighted by Crippen LogP contribution is 2.35. The van der Waals surface area contributed by atoms with Crippen molar-refractivity contribution in [2.24, 2.45) is 7.05 Å². The number of benzene rings is 1. The van der Waals surface area contributed by atoms with E-state index in [1.165, 1.54) is 18.2 Å². The maximum Gasteiger partial charge on any atom is 0.573 e. The van der Waals surface area contributed by atoms with Gasteiger partial charge in [-0.2, -0.15) is 0 Å². The van der Waals surface area contributed by atoms with Gasteiger partial charge in [0.1, 0.15) is 10.9 Å². The van der Waals surface area contributed by atoms with Crippen molar-refractivity contribution in [3.05, 3.63) is 57.0 Å². The number of aryl methyl sites for hydroxylation is 2. The van der Waals surface area contributed by atoms with Gasteiger partial charge in [-0.25, -0.2) is 9.78 Å². The van der Waals surface area contributed by atoms with E-state index in [-0.39, 0.29) is 28.0 Å². The first-order valence-electron chi connectivity index (χ1n) is 7.88. The molecule has 148 valence electrons. The lowest BCUT2D eigenvalue weighted by molar-refractivity contribution is -0.274. The molecule has 3 rings (SSSR count). The molecule has 3 aromatic rings. The predicted octanol–water partition coefficient (Wildman–Crippen LogP) is 5.38. The van der Waals surface area contributed by atoms with Gasteiger partial charge in [-0.3, -0.25) is 0 Å². The highest BCUT2D eigenvalue weighted by molar-refractivity contribution is 6.35. The predicted molar refractivity (Wildman–Crippen MR) is 98.4 cm³/mol. The SMILES string of the molecule is Cc1cc(OC(F)(F)F)cc2c1c(Cc1c(Cl)cc(C(=O)O)nc1Cl)cn2C. The van der Waals surface area contributed by atoms with Crippen LogP contribution in [-0.4, -0.2) is 27.0 Å². The summed E-state index contributed by atoms with van der Waals surface area (Å²) in [6, 6.07) is 3.81. The van der Waals surface area contributed by atoms with Crippen molar-refractivity contribution in [3.63, 3.8) is 0 Å². The Hall–Kier alpha value is -2.45. The third-order valence-electron chi connectivity index (χ3n) is 4.18. The first kappa shape index (κ1) is 20.3. The van der Waals surface area contributed by atoms with E-state index in [9.17, 15) is 18.0 Å². The molecule has 0 atom stereocenters. The number of carbonyl (C=O) groups is 1. The molecule has 0 bridgehead atoms. The Balaban J connectivity index is 2.07. The number of alkyl halides is 3. The second-order valence-corrected chi connectivity index (χ2v) is 6.95. The summed E-state index contributed by atoms with van der Waals surface area (Å²) in [6.07, 6.45) is -2.82. The van der Waals surface area contributed by atoms with E-state index in [4.69, 9.17) is 28.3 Å². The van der Waals surface area contributed by atoms with Crippen molar-refractivity contribution in [3.8, 4) is 5.75 Å². The van der Waals surface area contributed by atoms with Crippen LogP contribution in [0.15, 0.2) is 24.4 Å². The number of pyridine rings is 1. The summed E-state index contributed by atoms with van der Waals surface area (Å²) in [7, 11) is 1.69. The molecule has 1 aromatic carbocycles. The number of nitrogens with zero attached hydrogens (tertiary/aromatic N) is 2. The molecule has 0 fully saturated rings. The van der Waals surface area contributed by atoms with Gasteiger partial charge in [0.25, 0.3) is 0 Å². The van der Waals surface area contributed by atoms with Crippen molar-refractivity contribution >= 4 is 40.1 Å². The summed E-state index contributed by atoms with van der Waals surface area (Å²) in [5.41, 5.74) is 2.02. The van der Waals surface area contributed by atoms with Crippen molar-refractivity contribution in [2.45, 2.75) is 19.7 Å². The Morgan fingerprint density at radius 3 is 2.54 bits per heavy atom. The van der Waals surface area contributed by atoms with Crippen LogP contribution < -0.4 is 4.74 Å². The molecule has 0 spiro atoms. The molecule has 0 saturated carbocycles. The zero-order valence-corrected chi connectivity index (χ0v) is 16.1. The maximum atomic E-state index is 12.5. The molecule has 0 aliphatic rings. The molecule has 0 radical (unpaired) electrons. The van der Waals surface area contributed by atoms with Gasteiger partial charge in [-0.05, 0) is 30.2 Å². The number of rotatable bonds is 4. The molecular weight excluding hydrogens is 420 g/mol. The molecule has 10 heteroatoms. The van der Waals surface area contributed by atoms with Crippen LogP contribution in [0.3, 0.4) is 0 Å². The van der Waals surface area contributed by atoms with Crippen molar-refractivity contribution in [2.75, 3.05) is 0 Å². The van der Waals surface area contributed by atoms with Crippen LogP contribution in [-0.2, 0) is 13.5 Å². The van der Waals surface area contributed by atoms with Gasteiger partial charge in [0.05, 0.1) is 5.52 Å². The van der Waals surface area contributed by atoms with Gasteiger partial charge in [-0.15, -0.1) is 13.2 Å². The van der Waals surface area contributed by atoms with E-state index in [2.05, 4.69) is 9.72 Å². The Bertz CT molecular complexity index is 1070. The van der Waals surface area contributed by atoms with Gasteiger partial charge in [0, 0.05) is 41.7 Å². The lowest BCUT2D eigenvalue weighted by Crippen LogP contribution is -2.17. The summed E-state index contributed by atoms with van der Waals surface area (Å²) >= 11 is 12.3. The van der Waals surface area contributed by atoms with Crippen LogP contribution in [0.25, 0.3) is 10.9 Å². The van der Waals surface area contributed by atoms with E-state index in [0.717, 1.165) is 10.9 Å². The van der Waals surface area contributed by atoms with E-state index >= 15 is 0 Å². The zero-order chi connectivity index (χ0) is 20.8. The quantitative estimate of drug-likeness (QED) is 0.562. The van der Waals surface area contributed by atoms with Crippen LogP contribution >= 0.6 is 23.2 Å². The number of carboxylic acids is 1. The highest BCUT2D eigenvalue weighted by Gasteiger charge is 2.31. The number of hydrogen-bond acceptors (Lipinski definition) is 3. The average molecular weight is 433 g/mol. The van der Waals surface area contributed by atoms with Crippen LogP contribution in [0.5, 0.6) is 5.75 Å². The minimum Gasteiger partial charge on any atom is -0.477 e. The number of halogens is 5. The maximum absolute atomic E-state index is 12.5. The second kappa shape index (κ2) is 7.18. The highest BCUT2D eigenvalue weighted by atomic mass is 35.5. The summed E-state index contributed by atoms with van der Waals surface area (Å²) in [5, 5.41) is 9.85. The summed E-state index contributed by atoms with van der Waals surface area (Å²) in [4.78, 5) is 14.9. The molecule has 2 aromatic heterocycles. The van der Waals surface area contributed by atoms with E-state index in [1.807, 2.05) is 0 Å². The molecule has 2 heterocycles. The molecule has 0 unspecified atom stereocenters. The number of aromatic carboxylic acids is 1. The normalized spacial score (nSPS) is 11.8. The molecule has 0 aliphatic carbocycles. The number of hydrogen-bond donors (Lipinski definition) is 1. The molecule has 0 saturated heterocycles.